The van der Waals surface area contributed by atoms with Crippen LogP contribution in [0.2, 0.25) is 0 Å². The number of nitrogens with one attached hydrogen (secondary N) is 1. The van der Waals surface area contributed by atoms with Crippen LogP contribution in [0.25, 0.3) is 11.4 Å². The summed E-state index contributed by atoms with van der Waals surface area (Å²) in [6, 6.07) is 8.56. The van der Waals surface area contributed by atoms with E-state index < -0.39 is 0 Å². The van der Waals surface area contributed by atoms with Crippen LogP contribution in [0.5, 0.6) is 0 Å². The lowest BCUT2D eigenvalue weighted by atomic mass is 9.94. The molecule has 2 unspecified atom stereocenters. The maximum atomic E-state index is 5.44. The topological polar surface area (TPSA) is 51.0 Å². The summed E-state index contributed by atoms with van der Waals surface area (Å²) in [5.41, 5.74) is 2.33. The summed E-state index contributed by atoms with van der Waals surface area (Å²) in [7, 11) is 0. The smallest absolute Gasteiger partial charge is 0.244 e. The molecule has 1 N–H and O–H groups in total. The molecule has 1 aliphatic rings. The fourth-order valence-electron chi connectivity index (χ4n) is 2.68. The normalized spacial score (nSPS) is 22.9. The van der Waals surface area contributed by atoms with E-state index in [0.717, 1.165) is 24.9 Å². The summed E-state index contributed by atoms with van der Waals surface area (Å²) in [5, 5.41) is 7.57. The minimum atomic E-state index is 0.204. The summed E-state index contributed by atoms with van der Waals surface area (Å²) in [5.74, 6) is 2.11. The number of hydrogen-bond donors (Lipinski definition) is 1. The Morgan fingerprint density at radius 3 is 2.80 bits per heavy atom. The molecule has 0 saturated carbocycles. The predicted octanol–water partition coefficient (Wildman–Crippen LogP) is 3.36. The highest BCUT2D eigenvalue weighted by Gasteiger charge is 2.24. The first-order valence-electron chi connectivity index (χ1n) is 7.42. The van der Waals surface area contributed by atoms with E-state index in [1.165, 1.54) is 12.0 Å². The molecule has 1 fully saturated rings. The average Bonchev–Trinajstić information content (AvgIpc) is 2.97. The molecule has 106 valence electrons. The van der Waals surface area contributed by atoms with Gasteiger partial charge in [0.15, 0.2) is 0 Å². The van der Waals surface area contributed by atoms with Gasteiger partial charge in [0.25, 0.3) is 0 Å². The zero-order valence-corrected chi connectivity index (χ0v) is 12.1. The third-order valence-electron chi connectivity index (χ3n) is 4.03. The van der Waals surface area contributed by atoms with Gasteiger partial charge in [-0.1, -0.05) is 43.3 Å². The Kier molecular flexibility index (Phi) is 3.83. The Morgan fingerprint density at radius 1 is 1.30 bits per heavy atom. The molecule has 0 aliphatic carbocycles. The van der Waals surface area contributed by atoms with Gasteiger partial charge in [-0.3, -0.25) is 0 Å². The lowest BCUT2D eigenvalue weighted by Gasteiger charge is -2.25. The van der Waals surface area contributed by atoms with E-state index >= 15 is 0 Å². The zero-order valence-electron chi connectivity index (χ0n) is 12.1. The average molecular weight is 271 g/mol. The first kappa shape index (κ1) is 13.3. The molecule has 2 aromatic rings. The fraction of sp³-hybridized carbons (Fsp3) is 0.500. The third-order valence-corrected chi connectivity index (χ3v) is 4.03. The summed E-state index contributed by atoms with van der Waals surface area (Å²) in [6.45, 7) is 5.45. The Bertz CT molecular complexity index is 561. The van der Waals surface area contributed by atoms with Gasteiger partial charge in [0.05, 0.1) is 6.04 Å². The zero-order chi connectivity index (χ0) is 13.9. The van der Waals surface area contributed by atoms with Crippen LogP contribution in [0, 0.1) is 5.92 Å². The van der Waals surface area contributed by atoms with Crippen LogP contribution in [-0.2, 0) is 6.42 Å². The molecular weight excluding hydrogens is 250 g/mol. The Labute approximate surface area is 119 Å². The van der Waals surface area contributed by atoms with E-state index in [2.05, 4.69) is 53.6 Å². The van der Waals surface area contributed by atoms with Crippen LogP contribution in [0.1, 0.15) is 44.2 Å². The van der Waals surface area contributed by atoms with E-state index in [1.807, 2.05) is 0 Å². The monoisotopic (exact) mass is 271 g/mol. The Morgan fingerprint density at radius 2 is 2.10 bits per heavy atom. The Balaban J connectivity index is 1.78. The number of benzene rings is 1. The lowest BCUT2D eigenvalue weighted by molar-refractivity contribution is 0.260. The third kappa shape index (κ3) is 2.75. The number of nitrogens with zero attached hydrogens (tertiary/aromatic N) is 2. The quantitative estimate of drug-likeness (QED) is 0.930. The van der Waals surface area contributed by atoms with Crippen molar-refractivity contribution in [3.63, 3.8) is 0 Å². The highest BCUT2D eigenvalue weighted by Crippen LogP contribution is 2.27. The highest BCUT2D eigenvalue weighted by atomic mass is 16.5. The van der Waals surface area contributed by atoms with Crippen molar-refractivity contribution in [3.8, 4) is 11.4 Å². The second kappa shape index (κ2) is 5.75. The van der Waals surface area contributed by atoms with Crippen LogP contribution in [-0.4, -0.2) is 16.7 Å². The summed E-state index contributed by atoms with van der Waals surface area (Å²) in [4.78, 5) is 4.55. The van der Waals surface area contributed by atoms with Gasteiger partial charge in [0.1, 0.15) is 0 Å². The second-order valence-electron chi connectivity index (χ2n) is 5.64. The van der Waals surface area contributed by atoms with Crippen LogP contribution in [0.4, 0.5) is 0 Å². The molecule has 4 nitrogen and oxygen atoms in total. The maximum Gasteiger partial charge on any atom is 0.244 e. The number of piperidine rings is 1. The number of rotatable bonds is 3. The van der Waals surface area contributed by atoms with Crippen LogP contribution >= 0.6 is 0 Å². The molecule has 20 heavy (non-hydrogen) atoms. The standard InChI is InChI=1S/C16H21N3O/c1-3-12-4-6-13(7-5-12)15-18-16(20-19-15)14-10-11(2)8-9-17-14/h4-7,11,14,17H,3,8-10H2,1-2H3. The molecule has 2 atom stereocenters. The van der Waals surface area contributed by atoms with Crippen LogP contribution in [0.3, 0.4) is 0 Å². The fourth-order valence-corrected chi connectivity index (χ4v) is 2.68. The number of aryl methyl sites for hydroxylation is 1. The van der Waals surface area contributed by atoms with Gasteiger partial charge in [-0.2, -0.15) is 4.98 Å². The molecule has 1 saturated heterocycles. The minimum Gasteiger partial charge on any atom is -0.337 e. The van der Waals surface area contributed by atoms with Crippen molar-refractivity contribution < 1.29 is 4.52 Å². The van der Waals surface area contributed by atoms with Gasteiger partial charge in [-0.05, 0) is 37.3 Å². The van der Waals surface area contributed by atoms with Gasteiger partial charge in [0.2, 0.25) is 11.7 Å². The number of hydrogen-bond acceptors (Lipinski definition) is 4. The van der Waals surface area contributed by atoms with Gasteiger partial charge in [-0.25, -0.2) is 0 Å². The minimum absolute atomic E-state index is 0.204. The van der Waals surface area contributed by atoms with E-state index in [4.69, 9.17) is 4.52 Å². The van der Waals surface area contributed by atoms with Crippen molar-refractivity contribution in [1.29, 1.82) is 0 Å². The molecule has 1 aliphatic heterocycles. The van der Waals surface area contributed by atoms with Crippen molar-refractivity contribution in [2.45, 2.75) is 39.2 Å². The van der Waals surface area contributed by atoms with Crippen molar-refractivity contribution in [3.05, 3.63) is 35.7 Å². The van der Waals surface area contributed by atoms with Crippen molar-refractivity contribution >= 4 is 0 Å². The van der Waals surface area contributed by atoms with Crippen LogP contribution < -0.4 is 5.32 Å². The molecule has 1 aromatic heterocycles. The first-order chi connectivity index (χ1) is 9.76. The molecule has 4 heteroatoms. The molecule has 0 radical (unpaired) electrons. The molecule has 3 rings (SSSR count). The summed E-state index contributed by atoms with van der Waals surface area (Å²) < 4.78 is 5.44. The van der Waals surface area contributed by atoms with E-state index in [-0.39, 0.29) is 6.04 Å². The lowest BCUT2D eigenvalue weighted by Crippen LogP contribution is -2.30. The molecule has 0 amide bonds. The van der Waals surface area contributed by atoms with Gasteiger partial charge < -0.3 is 9.84 Å². The van der Waals surface area contributed by atoms with Crippen molar-refractivity contribution in [1.82, 2.24) is 15.5 Å². The van der Waals surface area contributed by atoms with Crippen molar-refractivity contribution in [2.24, 2.45) is 5.92 Å². The van der Waals surface area contributed by atoms with Gasteiger partial charge in [0, 0.05) is 5.56 Å². The molecule has 1 aromatic carbocycles. The maximum absolute atomic E-state index is 5.44. The number of aromatic nitrogens is 2. The van der Waals surface area contributed by atoms with Gasteiger partial charge in [-0.15, -0.1) is 0 Å². The predicted molar refractivity (Wildman–Crippen MR) is 78.3 cm³/mol. The van der Waals surface area contributed by atoms with Gasteiger partial charge >= 0.3 is 0 Å². The van der Waals surface area contributed by atoms with Crippen LogP contribution in [0.15, 0.2) is 28.8 Å². The molecule has 0 spiro atoms. The van der Waals surface area contributed by atoms with E-state index in [1.54, 1.807) is 0 Å². The van der Waals surface area contributed by atoms with E-state index in [0.29, 0.717) is 17.6 Å². The molecular formula is C16H21N3O. The summed E-state index contributed by atoms with van der Waals surface area (Å²) >= 11 is 0. The molecule has 2 heterocycles. The van der Waals surface area contributed by atoms with E-state index in [9.17, 15) is 0 Å². The second-order valence-corrected chi connectivity index (χ2v) is 5.64. The molecule has 0 bridgehead atoms. The Hall–Kier alpha value is -1.68. The SMILES string of the molecule is CCc1ccc(-c2noc(C3CC(C)CCN3)n2)cc1. The first-order valence-corrected chi connectivity index (χ1v) is 7.42. The highest BCUT2D eigenvalue weighted by molar-refractivity contribution is 5.54. The largest absolute Gasteiger partial charge is 0.337 e. The summed E-state index contributed by atoms with van der Waals surface area (Å²) in [6.07, 6.45) is 3.33. The van der Waals surface area contributed by atoms with Crippen molar-refractivity contribution in [2.75, 3.05) is 6.54 Å².